The molecular formula is C16H32N4O4. The fourth-order valence-corrected chi connectivity index (χ4v) is 2.52. The summed E-state index contributed by atoms with van der Waals surface area (Å²) in [5.41, 5.74) is 0. The summed E-state index contributed by atoms with van der Waals surface area (Å²) in [4.78, 5) is 0. The highest BCUT2D eigenvalue weighted by atomic mass is 16.7. The summed E-state index contributed by atoms with van der Waals surface area (Å²) in [6.07, 6.45) is -0.705. The highest BCUT2D eigenvalue weighted by Crippen LogP contribution is 2.22. The number of nitrogens with zero attached hydrogens (tertiary/aromatic N) is 4. The van der Waals surface area contributed by atoms with Crippen LogP contribution in [-0.2, 0) is 18.9 Å². The van der Waals surface area contributed by atoms with Crippen molar-refractivity contribution in [3.63, 3.8) is 0 Å². The largest absolute Gasteiger partial charge is 0.371 e. The number of aromatic nitrogens is 3. The van der Waals surface area contributed by atoms with Gasteiger partial charge in [-0.15, -0.1) is 10.2 Å². The van der Waals surface area contributed by atoms with Gasteiger partial charge in [-0.3, -0.25) is 0 Å². The van der Waals surface area contributed by atoms with Crippen LogP contribution in [0.3, 0.4) is 0 Å². The zero-order valence-corrected chi connectivity index (χ0v) is 16.0. The van der Waals surface area contributed by atoms with E-state index in [-0.39, 0.29) is 18.5 Å². The van der Waals surface area contributed by atoms with Crippen LogP contribution >= 0.6 is 0 Å². The molecule has 2 unspecified atom stereocenters. The lowest BCUT2D eigenvalue weighted by Crippen LogP contribution is -2.44. The molecule has 1 aromatic rings. The lowest BCUT2D eigenvalue weighted by molar-refractivity contribution is -0.0976. The number of rotatable bonds is 12. The van der Waals surface area contributed by atoms with Crippen LogP contribution < -0.4 is 5.01 Å². The molecule has 0 fully saturated rings. The summed E-state index contributed by atoms with van der Waals surface area (Å²) in [6, 6.07) is 0. The normalized spacial score (nSPS) is 14.2. The van der Waals surface area contributed by atoms with Gasteiger partial charge in [0.1, 0.15) is 12.2 Å². The van der Waals surface area contributed by atoms with E-state index in [2.05, 4.69) is 22.1 Å². The SMILES string of the molecule is CCOC(C)c1nnc(C(C)OCC)n1N(CC)CC(OC)OC. The number of ether oxygens (including phenoxy) is 4. The van der Waals surface area contributed by atoms with Gasteiger partial charge in [-0.2, -0.15) is 0 Å². The first kappa shape index (κ1) is 20.8. The van der Waals surface area contributed by atoms with Crippen LogP contribution in [0.5, 0.6) is 0 Å². The van der Waals surface area contributed by atoms with Crippen LogP contribution in [0.25, 0.3) is 0 Å². The van der Waals surface area contributed by atoms with Gasteiger partial charge in [0.2, 0.25) is 0 Å². The van der Waals surface area contributed by atoms with Gasteiger partial charge in [0, 0.05) is 34.0 Å². The maximum absolute atomic E-state index is 5.72. The van der Waals surface area contributed by atoms with Gasteiger partial charge in [-0.1, -0.05) is 0 Å². The summed E-state index contributed by atoms with van der Waals surface area (Å²) in [6.45, 7) is 12.4. The third kappa shape index (κ3) is 5.14. The van der Waals surface area contributed by atoms with Gasteiger partial charge >= 0.3 is 0 Å². The predicted octanol–water partition coefficient (Wildman–Crippen LogP) is 2.05. The van der Waals surface area contributed by atoms with Gasteiger partial charge < -0.3 is 24.0 Å². The van der Waals surface area contributed by atoms with Crippen LogP contribution in [0.1, 0.15) is 58.5 Å². The molecule has 0 spiro atoms. The fourth-order valence-electron chi connectivity index (χ4n) is 2.52. The molecule has 0 saturated heterocycles. The van der Waals surface area contributed by atoms with Crippen molar-refractivity contribution in [3.8, 4) is 0 Å². The smallest absolute Gasteiger partial charge is 0.180 e. The fraction of sp³-hybridized carbons (Fsp3) is 0.875. The first-order valence-electron chi connectivity index (χ1n) is 8.53. The maximum atomic E-state index is 5.72. The molecule has 1 heterocycles. The molecular weight excluding hydrogens is 312 g/mol. The van der Waals surface area contributed by atoms with Gasteiger partial charge in [-0.25, -0.2) is 4.68 Å². The number of methoxy groups -OCH3 is 2. The first-order valence-corrected chi connectivity index (χ1v) is 8.53. The first-order chi connectivity index (χ1) is 11.5. The Morgan fingerprint density at radius 1 is 0.917 bits per heavy atom. The highest BCUT2D eigenvalue weighted by Gasteiger charge is 2.26. The molecule has 0 aliphatic carbocycles. The molecule has 0 saturated carbocycles. The molecule has 0 aromatic carbocycles. The zero-order chi connectivity index (χ0) is 18.1. The summed E-state index contributed by atoms with van der Waals surface area (Å²) < 4.78 is 24.1. The highest BCUT2D eigenvalue weighted by molar-refractivity contribution is 5.07. The van der Waals surface area contributed by atoms with Crippen molar-refractivity contribution in [2.75, 3.05) is 45.5 Å². The van der Waals surface area contributed by atoms with Gasteiger partial charge in [0.05, 0.1) is 6.54 Å². The Morgan fingerprint density at radius 2 is 1.38 bits per heavy atom. The van der Waals surface area contributed by atoms with E-state index in [1.807, 2.05) is 32.4 Å². The van der Waals surface area contributed by atoms with Crippen molar-refractivity contribution in [2.24, 2.45) is 0 Å². The van der Waals surface area contributed by atoms with E-state index in [1.54, 1.807) is 14.2 Å². The van der Waals surface area contributed by atoms with E-state index < -0.39 is 0 Å². The molecule has 140 valence electrons. The second kappa shape index (κ2) is 10.6. The molecule has 0 aliphatic heterocycles. The second-order valence-electron chi connectivity index (χ2n) is 5.33. The topological polar surface area (TPSA) is 70.9 Å². The average molecular weight is 344 g/mol. The van der Waals surface area contributed by atoms with E-state index in [0.717, 1.165) is 18.2 Å². The third-order valence-electron chi connectivity index (χ3n) is 3.78. The van der Waals surface area contributed by atoms with Gasteiger partial charge in [0.25, 0.3) is 0 Å². The van der Waals surface area contributed by atoms with Crippen LogP contribution in [0, 0.1) is 0 Å². The standard InChI is InChI=1S/C16H32N4O4/c1-8-19(11-14(21-6)22-7)20-15(12(4)23-9-2)17-18-16(20)13(5)24-10-3/h12-14H,8-11H2,1-7H3. The minimum absolute atomic E-state index is 0.178. The lowest BCUT2D eigenvalue weighted by Gasteiger charge is -2.31. The summed E-state index contributed by atoms with van der Waals surface area (Å²) >= 11 is 0. The van der Waals surface area contributed by atoms with Gasteiger partial charge in [-0.05, 0) is 34.6 Å². The Hall–Kier alpha value is -1.22. The van der Waals surface area contributed by atoms with Crippen molar-refractivity contribution in [3.05, 3.63) is 11.6 Å². The Balaban J connectivity index is 3.23. The van der Waals surface area contributed by atoms with Gasteiger partial charge in [0.15, 0.2) is 17.9 Å². The second-order valence-corrected chi connectivity index (χ2v) is 5.33. The number of likely N-dealkylation sites (N-methyl/N-ethyl adjacent to an activating group) is 1. The molecule has 24 heavy (non-hydrogen) atoms. The Labute approximate surface area is 145 Å². The summed E-state index contributed by atoms with van der Waals surface area (Å²) in [5.74, 6) is 1.48. The van der Waals surface area contributed by atoms with Crippen LogP contribution in [-0.4, -0.2) is 61.7 Å². The molecule has 8 heteroatoms. The van der Waals surface area contributed by atoms with Crippen LogP contribution in [0.15, 0.2) is 0 Å². The minimum Gasteiger partial charge on any atom is -0.371 e. The van der Waals surface area contributed by atoms with Crippen molar-refractivity contribution in [1.29, 1.82) is 0 Å². The summed E-state index contributed by atoms with van der Waals surface area (Å²) in [7, 11) is 3.25. The number of hydrogen-bond acceptors (Lipinski definition) is 7. The molecule has 0 bridgehead atoms. The van der Waals surface area contributed by atoms with Crippen molar-refractivity contribution >= 4 is 0 Å². The molecule has 2 atom stereocenters. The molecule has 1 rings (SSSR count). The third-order valence-corrected chi connectivity index (χ3v) is 3.78. The Bertz CT molecular complexity index is 435. The summed E-state index contributed by atoms with van der Waals surface area (Å²) in [5, 5.41) is 10.8. The van der Waals surface area contributed by atoms with Crippen molar-refractivity contribution < 1.29 is 18.9 Å². The van der Waals surface area contributed by atoms with Crippen LogP contribution in [0.4, 0.5) is 0 Å². The molecule has 8 nitrogen and oxygen atoms in total. The monoisotopic (exact) mass is 344 g/mol. The lowest BCUT2D eigenvalue weighted by atomic mass is 10.3. The minimum atomic E-state index is -0.349. The Morgan fingerprint density at radius 3 is 1.71 bits per heavy atom. The van der Waals surface area contributed by atoms with E-state index in [9.17, 15) is 0 Å². The Kier molecular flexibility index (Phi) is 9.20. The molecule has 0 N–H and O–H groups in total. The molecule has 0 radical (unpaired) electrons. The molecule has 1 aromatic heterocycles. The van der Waals surface area contributed by atoms with Crippen LogP contribution in [0.2, 0.25) is 0 Å². The number of hydrogen-bond donors (Lipinski definition) is 0. The molecule has 0 amide bonds. The zero-order valence-electron chi connectivity index (χ0n) is 16.0. The maximum Gasteiger partial charge on any atom is 0.180 e. The quantitative estimate of drug-likeness (QED) is 0.537. The van der Waals surface area contributed by atoms with Crippen molar-refractivity contribution in [1.82, 2.24) is 14.9 Å². The van der Waals surface area contributed by atoms with E-state index in [0.29, 0.717) is 19.8 Å². The van der Waals surface area contributed by atoms with E-state index in [1.165, 1.54) is 0 Å². The average Bonchev–Trinajstić information content (AvgIpc) is 3.01. The van der Waals surface area contributed by atoms with Crippen molar-refractivity contribution in [2.45, 2.75) is 53.1 Å². The molecule has 0 aliphatic rings. The van der Waals surface area contributed by atoms with E-state index >= 15 is 0 Å². The van der Waals surface area contributed by atoms with E-state index in [4.69, 9.17) is 18.9 Å². The predicted molar refractivity (Wildman–Crippen MR) is 91.5 cm³/mol.